The fourth-order valence-corrected chi connectivity index (χ4v) is 4.43. The first-order valence-corrected chi connectivity index (χ1v) is 10.9. The number of allylic oxidation sites excluding steroid dienone is 4. The summed E-state index contributed by atoms with van der Waals surface area (Å²) in [4.78, 5) is 4.95. The van der Waals surface area contributed by atoms with Crippen molar-refractivity contribution >= 4 is 0 Å². The maximum atomic E-state index is 9.82. The quantitative estimate of drug-likeness (QED) is 0.710. The molecule has 4 unspecified atom stereocenters. The number of rotatable bonds is 2. The second kappa shape index (κ2) is 9.29. The van der Waals surface area contributed by atoms with E-state index in [1.807, 2.05) is 6.26 Å². The van der Waals surface area contributed by atoms with Crippen LogP contribution in [-0.2, 0) is 4.74 Å². The van der Waals surface area contributed by atoms with Crippen LogP contribution < -0.4 is 0 Å². The molecule has 28 heavy (non-hydrogen) atoms. The minimum Gasteiger partial charge on any atom is -0.496 e. The first kappa shape index (κ1) is 21.1. The molecule has 2 heterocycles. The Hall–Kier alpha value is -1.57. The molecule has 0 aromatic rings. The highest BCUT2D eigenvalue weighted by Crippen LogP contribution is 2.34. The molecule has 0 amide bonds. The highest BCUT2D eigenvalue weighted by atomic mass is 16.5. The summed E-state index contributed by atoms with van der Waals surface area (Å²) < 4.78 is 6.38. The van der Waals surface area contributed by atoms with Crippen LogP contribution in [0.4, 0.5) is 0 Å². The van der Waals surface area contributed by atoms with Crippen LogP contribution in [0.2, 0.25) is 0 Å². The number of hydrogen-bond donors (Lipinski definition) is 0. The molecule has 1 aliphatic carbocycles. The third kappa shape index (κ3) is 5.27. The van der Waals surface area contributed by atoms with Gasteiger partial charge in [-0.1, -0.05) is 23.3 Å². The van der Waals surface area contributed by atoms with Crippen molar-refractivity contribution in [3.05, 3.63) is 35.1 Å². The van der Waals surface area contributed by atoms with Crippen LogP contribution in [0.15, 0.2) is 35.1 Å². The Morgan fingerprint density at radius 3 is 2.57 bits per heavy atom. The minimum atomic E-state index is 0.0856. The summed E-state index contributed by atoms with van der Waals surface area (Å²) in [6, 6.07) is 2.90. The summed E-state index contributed by atoms with van der Waals surface area (Å²) in [6.45, 7) is 12.8. The summed E-state index contributed by atoms with van der Waals surface area (Å²) in [6.07, 6.45) is 10.0. The molecule has 4 heteroatoms. The number of nitrogens with zero attached hydrogens (tertiary/aromatic N) is 3. The Morgan fingerprint density at radius 2 is 1.89 bits per heavy atom. The summed E-state index contributed by atoms with van der Waals surface area (Å²) in [5, 5.41) is 9.82. The van der Waals surface area contributed by atoms with E-state index < -0.39 is 0 Å². The molecule has 4 nitrogen and oxygen atoms in total. The summed E-state index contributed by atoms with van der Waals surface area (Å²) in [5.41, 5.74) is 3.91. The van der Waals surface area contributed by atoms with E-state index in [-0.39, 0.29) is 18.1 Å². The van der Waals surface area contributed by atoms with E-state index in [1.54, 1.807) is 0 Å². The lowest BCUT2D eigenvalue weighted by molar-refractivity contribution is 0.0287. The standard InChI is InChI=1S/C24H37N3O/c1-17-6-7-18(2)19(3)23-14-27(13-21-8-9-21)20(4)22(12-25)10-11-26(5)15-24(23)28-16-17/h6-7,16,20-24H,8-11,13-15H2,1-5H3/b7-6?,17-16?,19-18+. The monoisotopic (exact) mass is 383 g/mol. The minimum absolute atomic E-state index is 0.0856. The van der Waals surface area contributed by atoms with Gasteiger partial charge in [0, 0.05) is 31.6 Å². The molecule has 1 saturated heterocycles. The van der Waals surface area contributed by atoms with Crippen molar-refractivity contribution in [1.29, 1.82) is 5.26 Å². The van der Waals surface area contributed by atoms with Gasteiger partial charge in [0.15, 0.2) is 0 Å². The van der Waals surface area contributed by atoms with Gasteiger partial charge in [-0.05, 0) is 72.0 Å². The van der Waals surface area contributed by atoms with Crippen molar-refractivity contribution < 1.29 is 4.74 Å². The van der Waals surface area contributed by atoms with Crippen LogP contribution in [-0.4, -0.2) is 55.2 Å². The molecule has 154 valence electrons. The average molecular weight is 384 g/mol. The van der Waals surface area contributed by atoms with Crippen molar-refractivity contribution in [3.8, 4) is 6.07 Å². The largest absolute Gasteiger partial charge is 0.496 e. The Bertz CT molecular complexity index is 682. The van der Waals surface area contributed by atoms with Crippen LogP contribution in [0, 0.1) is 29.1 Å². The molecule has 3 rings (SSSR count). The Kier molecular flexibility index (Phi) is 7.01. The predicted octanol–water partition coefficient (Wildman–Crippen LogP) is 4.37. The van der Waals surface area contributed by atoms with Gasteiger partial charge in [0.1, 0.15) is 6.10 Å². The highest BCUT2D eigenvalue weighted by molar-refractivity contribution is 5.31. The second-order valence-corrected chi connectivity index (χ2v) is 9.27. The fraction of sp³-hybridized carbons (Fsp3) is 0.708. The van der Waals surface area contributed by atoms with Gasteiger partial charge in [0.2, 0.25) is 0 Å². The van der Waals surface area contributed by atoms with E-state index in [1.165, 1.54) is 24.0 Å². The average Bonchev–Trinajstić information content (AvgIpc) is 3.49. The van der Waals surface area contributed by atoms with E-state index in [4.69, 9.17) is 4.74 Å². The van der Waals surface area contributed by atoms with Crippen LogP contribution in [0.1, 0.15) is 47.0 Å². The molecule has 0 N–H and O–H groups in total. The number of ether oxygens (including phenoxy) is 1. The van der Waals surface area contributed by atoms with Gasteiger partial charge in [-0.15, -0.1) is 0 Å². The van der Waals surface area contributed by atoms with Crippen LogP contribution in [0.5, 0.6) is 0 Å². The second-order valence-electron chi connectivity index (χ2n) is 9.27. The van der Waals surface area contributed by atoms with Crippen molar-refractivity contribution in [2.45, 2.75) is 59.1 Å². The SMILES string of the molecule is CC1=COC2CN(C)CCC(C#N)C(C)N(CC3CC3)CC2/C(C)=C(\C)C=C1. The number of likely N-dealkylation sites (N-methyl/N-ethyl adjacent to an activating group) is 1. The highest BCUT2D eigenvalue weighted by Gasteiger charge is 2.36. The molecular weight excluding hydrogens is 346 g/mol. The molecule has 0 radical (unpaired) electrons. The number of hydrogen-bond acceptors (Lipinski definition) is 4. The molecule has 0 aromatic heterocycles. The smallest absolute Gasteiger partial charge is 0.118 e. The lowest BCUT2D eigenvalue weighted by Gasteiger charge is -2.40. The summed E-state index contributed by atoms with van der Waals surface area (Å²) >= 11 is 0. The lowest BCUT2D eigenvalue weighted by atomic mass is 9.87. The molecule has 3 aliphatic rings. The zero-order valence-corrected chi connectivity index (χ0v) is 18.3. The molecule has 2 aliphatic heterocycles. The lowest BCUT2D eigenvalue weighted by Crippen LogP contribution is -2.49. The van der Waals surface area contributed by atoms with E-state index in [2.05, 4.69) is 62.8 Å². The topological polar surface area (TPSA) is 39.5 Å². The van der Waals surface area contributed by atoms with Gasteiger partial charge < -0.3 is 9.64 Å². The summed E-state index contributed by atoms with van der Waals surface area (Å²) in [5.74, 6) is 1.23. The molecule has 2 fully saturated rings. The van der Waals surface area contributed by atoms with E-state index in [9.17, 15) is 5.26 Å². The molecule has 4 atom stereocenters. The van der Waals surface area contributed by atoms with Crippen molar-refractivity contribution in [1.82, 2.24) is 9.80 Å². The number of nitriles is 1. The third-order valence-corrected chi connectivity index (χ3v) is 6.91. The van der Waals surface area contributed by atoms with Gasteiger partial charge in [-0.3, -0.25) is 4.90 Å². The van der Waals surface area contributed by atoms with Gasteiger partial charge in [0.25, 0.3) is 0 Å². The molecule has 0 aromatic carbocycles. The molecule has 0 bridgehead atoms. The van der Waals surface area contributed by atoms with Crippen molar-refractivity contribution in [2.24, 2.45) is 17.8 Å². The third-order valence-electron chi connectivity index (χ3n) is 6.91. The Morgan fingerprint density at radius 1 is 1.14 bits per heavy atom. The fourth-order valence-electron chi connectivity index (χ4n) is 4.43. The zero-order valence-electron chi connectivity index (χ0n) is 18.3. The zero-order chi connectivity index (χ0) is 20.3. The maximum Gasteiger partial charge on any atom is 0.118 e. The molecular formula is C24H37N3O. The van der Waals surface area contributed by atoms with Crippen LogP contribution >= 0.6 is 0 Å². The normalized spacial score (nSPS) is 36.2. The Balaban J connectivity index is 1.96. The van der Waals surface area contributed by atoms with Gasteiger partial charge in [-0.25, -0.2) is 0 Å². The number of fused-ring (bicyclic) bond motifs is 1. The van der Waals surface area contributed by atoms with Gasteiger partial charge in [0.05, 0.1) is 18.2 Å². The van der Waals surface area contributed by atoms with Gasteiger partial charge >= 0.3 is 0 Å². The predicted molar refractivity (Wildman–Crippen MR) is 115 cm³/mol. The van der Waals surface area contributed by atoms with E-state index in [0.717, 1.165) is 44.1 Å². The van der Waals surface area contributed by atoms with Crippen LogP contribution in [0.3, 0.4) is 0 Å². The van der Waals surface area contributed by atoms with Crippen LogP contribution in [0.25, 0.3) is 0 Å². The Labute approximate surface area is 171 Å². The van der Waals surface area contributed by atoms with Crippen molar-refractivity contribution in [3.63, 3.8) is 0 Å². The van der Waals surface area contributed by atoms with Gasteiger partial charge in [-0.2, -0.15) is 5.26 Å². The maximum absolute atomic E-state index is 9.82. The first-order chi connectivity index (χ1) is 13.4. The van der Waals surface area contributed by atoms with E-state index >= 15 is 0 Å². The van der Waals surface area contributed by atoms with Crippen molar-refractivity contribution in [2.75, 3.05) is 33.2 Å². The summed E-state index contributed by atoms with van der Waals surface area (Å²) in [7, 11) is 2.16. The van der Waals surface area contributed by atoms with E-state index in [0.29, 0.717) is 5.92 Å². The molecule has 0 spiro atoms. The molecule has 1 saturated carbocycles. The first-order valence-electron chi connectivity index (χ1n) is 10.9.